The summed E-state index contributed by atoms with van der Waals surface area (Å²) in [5.41, 5.74) is 2.62. The van der Waals surface area contributed by atoms with Crippen molar-refractivity contribution in [3.8, 4) is 0 Å². The van der Waals surface area contributed by atoms with Gasteiger partial charge in [-0.25, -0.2) is 0 Å². The van der Waals surface area contributed by atoms with Crippen LogP contribution in [0.25, 0.3) is 21.9 Å². The molecule has 2 aromatic heterocycles. The van der Waals surface area contributed by atoms with Crippen LogP contribution in [-0.2, 0) is 5.33 Å². The predicted octanol–water partition coefficient (Wildman–Crippen LogP) is 4.73. The highest BCUT2D eigenvalue weighted by Crippen LogP contribution is 2.38. The average molecular weight is 286 g/mol. The number of halogens is 2. The van der Waals surface area contributed by atoms with E-state index in [1.165, 1.54) is 0 Å². The quantitative estimate of drug-likeness (QED) is 0.604. The standard InChI is InChI=1S/C11H6BrClO2/c12-5-8-6-1-3-15-11(6)9(13)7-2-4-14-10(7)8/h1-4H,5H2. The molecule has 0 radical (unpaired) electrons. The van der Waals surface area contributed by atoms with Crippen LogP contribution in [0.15, 0.2) is 33.5 Å². The largest absolute Gasteiger partial charge is 0.464 e. The summed E-state index contributed by atoms with van der Waals surface area (Å²) < 4.78 is 10.8. The van der Waals surface area contributed by atoms with Gasteiger partial charge in [-0.15, -0.1) is 0 Å². The minimum absolute atomic E-state index is 0.614. The molecular weight excluding hydrogens is 279 g/mol. The summed E-state index contributed by atoms with van der Waals surface area (Å²) in [7, 11) is 0. The van der Waals surface area contributed by atoms with Crippen LogP contribution < -0.4 is 0 Å². The molecular formula is C11H6BrClO2. The Labute approximate surface area is 98.9 Å². The minimum Gasteiger partial charge on any atom is -0.464 e. The fourth-order valence-electron chi connectivity index (χ4n) is 1.81. The highest BCUT2D eigenvalue weighted by molar-refractivity contribution is 9.08. The third kappa shape index (κ3) is 1.17. The number of alkyl halides is 1. The van der Waals surface area contributed by atoms with Crippen LogP contribution in [0.2, 0.25) is 5.02 Å². The highest BCUT2D eigenvalue weighted by atomic mass is 79.9. The van der Waals surface area contributed by atoms with Crippen LogP contribution >= 0.6 is 27.5 Å². The van der Waals surface area contributed by atoms with Crippen molar-refractivity contribution in [2.75, 3.05) is 0 Å². The maximum absolute atomic E-state index is 6.22. The van der Waals surface area contributed by atoms with Gasteiger partial charge in [0.1, 0.15) is 5.58 Å². The van der Waals surface area contributed by atoms with Gasteiger partial charge in [0, 0.05) is 21.7 Å². The average Bonchev–Trinajstić information content (AvgIpc) is 2.85. The van der Waals surface area contributed by atoms with Crippen molar-refractivity contribution in [3.05, 3.63) is 35.2 Å². The van der Waals surface area contributed by atoms with Crippen molar-refractivity contribution in [1.82, 2.24) is 0 Å². The summed E-state index contributed by atoms with van der Waals surface area (Å²) in [6, 6.07) is 3.76. The highest BCUT2D eigenvalue weighted by Gasteiger charge is 2.16. The Morgan fingerprint density at radius 3 is 2.47 bits per heavy atom. The van der Waals surface area contributed by atoms with Crippen molar-refractivity contribution in [2.24, 2.45) is 0 Å². The molecule has 2 heterocycles. The molecule has 0 aliphatic rings. The molecule has 3 aromatic rings. The van der Waals surface area contributed by atoms with Crippen molar-refractivity contribution in [2.45, 2.75) is 5.33 Å². The van der Waals surface area contributed by atoms with Gasteiger partial charge in [0.15, 0.2) is 5.58 Å². The van der Waals surface area contributed by atoms with E-state index in [9.17, 15) is 0 Å². The molecule has 1 aromatic carbocycles. The van der Waals surface area contributed by atoms with Crippen LogP contribution in [0.3, 0.4) is 0 Å². The Bertz CT molecular complexity index is 587. The Morgan fingerprint density at radius 2 is 1.73 bits per heavy atom. The van der Waals surface area contributed by atoms with Gasteiger partial charge < -0.3 is 8.83 Å². The molecule has 0 saturated carbocycles. The summed E-state index contributed by atoms with van der Waals surface area (Å²) in [6.45, 7) is 0. The van der Waals surface area contributed by atoms with E-state index in [2.05, 4.69) is 15.9 Å². The van der Waals surface area contributed by atoms with Crippen LogP contribution in [0.4, 0.5) is 0 Å². The van der Waals surface area contributed by atoms with Crippen LogP contribution in [0.5, 0.6) is 0 Å². The SMILES string of the molecule is Clc1c2ccoc2c(CBr)c2ccoc12. The number of hydrogen-bond acceptors (Lipinski definition) is 2. The van der Waals surface area contributed by atoms with Gasteiger partial charge in [-0.3, -0.25) is 0 Å². The van der Waals surface area contributed by atoms with Crippen LogP contribution in [0.1, 0.15) is 5.56 Å². The van der Waals surface area contributed by atoms with Crippen molar-refractivity contribution >= 4 is 49.5 Å². The van der Waals surface area contributed by atoms with E-state index in [4.69, 9.17) is 20.4 Å². The van der Waals surface area contributed by atoms with E-state index in [0.29, 0.717) is 10.4 Å². The number of benzene rings is 1. The summed E-state index contributed by atoms with van der Waals surface area (Å²) in [5, 5.41) is 3.22. The molecule has 2 nitrogen and oxygen atoms in total. The van der Waals surface area contributed by atoms with Gasteiger partial charge in [-0.05, 0) is 12.1 Å². The van der Waals surface area contributed by atoms with Gasteiger partial charge in [0.2, 0.25) is 0 Å². The molecule has 0 atom stereocenters. The Kier molecular flexibility index (Phi) is 2.04. The number of rotatable bonds is 1. The second kappa shape index (κ2) is 3.29. The van der Waals surface area contributed by atoms with Gasteiger partial charge in [0.05, 0.1) is 17.5 Å². The molecule has 0 fully saturated rings. The normalized spacial score (nSPS) is 11.6. The fraction of sp³-hybridized carbons (Fsp3) is 0.0909. The summed E-state index contributed by atoms with van der Waals surface area (Å²) in [6.07, 6.45) is 3.28. The second-order valence-corrected chi connectivity index (χ2v) is 4.19. The first-order valence-corrected chi connectivity index (χ1v) is 5.93. The lowest BCUT2D eigenvalue weighted by atomic mass is 10.1. The molecule has 0 spiro atoms. The van der Waals surface area contributed by atoms with Gasteiger partial charge in [0.25, 0.3) is 0 Å². The maximum atomic E-state index is 6.22. The molecule has 0 unspecified atom stereocenters. The molecule has 0 aliphatic heterocycles. The Hall–Kier alpha value is -0.930. The van der Waals surface area contributed by atoms with E-state index < -0.39 is 0 Å². The molecule has 0 saturated heterocycles. The zero-order valence-electron chi connectivity index (χ0n) is 7.59. The van der Waals surface area contributed by atoms with Crippen LogP contribution in [-0.4, -0.2) is 0 Å². The van der Waals surface area contributed by atoms with Crippen molar-refractivity contribution < 1.29 is 8.83 Å². The lowest BCUT2D eigenvalue weighted by molar-refractivity contribution is 0.610. The van der Waals surface area contributed by atoms with Gasteiger partial charge in [-0.1, -0.05) is 27.5 Å². The zero-order chi connectivity index (χ0) is 10.4. The lowest BCUT2D eigenvalue weighted by Gasteiger charge is -2.01. The number of hydrogen-bond donors (Lipinski definition) is 0. The smallest absolute Gasteiger partial charge is 0.153 e. The summed E-state index contributed by atoms with van der Waals surface area (Å²) in [4.78, 5) is 0. The molecule has 0 N–H and O–H groups in total. The fourth-order valence-corrected chi connectivity index (χ4v) is 2.66. The number of furan rings is 2. The predicted molar refractivity (Wildman–Crippen MR) is 63.6 cm³/mol. The van der Waals surface area contributed by atoms with E-state index in [1.54, 1.807) is 12.5 Å². The molecule has 76 valence electrons. The molecule has 3 rings (SSSR count). The molecule has 0 bridgehead atoms. The molecule has 0 aliphatic carbocycles. The lowest BCUT2D eigenvalue weighted by Crippen LogP contribution is -1.81. The van der Waals surface area contributed by atoms with Gasteiger partial charge in [-0.2, -0.15) is 0 Å². The zero-order valence-corrected chi connectivity index (χ0v) is 9.93. The first-order valence-electron chi connectivity index (χ1n) is 4.43. The Balaban J connectivity index is 2.64. The summed E-state index contributed by atoms with van der Waals surface area (Å²) in [5.74, 6) is 0. The summed E-state index contributed by atoms with van der Waals surface area (Å²) >= 11 is 9.67. The molecule has 0 amide bonds. The monoisotopic (exact) mass is 284 g/mol. The Morgan fingerprint density at radius 1 is 1.07 bits per heavy atom. The number of fused-ring (bicyclic) bond motifs is 2. The molecule has 4 heteroatoms. The first-order chi connectivity index (χ1) is 7.33. The minimum atomic E-state index is 0.614. The van der Waals surface area contributed by atoms with E-state index in [-0.39, 0.29) is 0 Å². The van der Waals surface area contributed by atoms with E-state index in [1.807, 2.05) is 12.1 Å². The van der Waals surface area contributed by atoms with Gasteiger partial charge >= 0.3 is 0 Å². The third-order valence-corrected chi connectivity index (χ3v) is 3.44. The van der Waals surface area contributed by atoms with Crippen molar-refractivity contribution in [1.29, 1.82) is 0 Å². The maximum Gasteiger partial charge on any atom is 0.153 e. The van der Waals surface area contributed by atoms with Crippen LogP contribution in [0, 0.1) is 0 Å². The molecule has 15 heavy (non-hydrogen) atoms. The topological polar surface area (TPSA) is 26.3 Å². The van der Waals surface area contributed by atoms with E-state index >= 15 is 0 Å². The second-order valence-electron chi connectivity index (χ2n) is 3.25. The van der Waals surface area contributed by atoms with E-state index in [0.717, 1.165) is 27.5 Å². The first kappa shape index (κ1) is 9.31. The van der Waals surface area contributed by atoms with Crippen molar-refractivity contribution in [3.63, 3.8) is 0 Å². The third-order valence-electron chi connectivity index (χ3n) is 2.50.